The van der Waals surface area contributed by atoms with Gasteiger partial charge in [0, 0.05) is 5.41 Å². The topological polar surface area (TPSA) is 17.1 Å². The summed E-state index contributed by atoms with van der Waals surface area (Å²) < 4.78 is 0. The fourth-order valence-electron chi connectivity index (χ4n) is 1.42. The molecule has 46 valence electrons. The van der Waals surface area contributed by atoms with Crippen LogP contribution in [0.1, 0.15) is 6.92 Å². The van der Waals surface area contributed by atoms with Crippen LogP contribution in [0.15, 0.2) is 24.3 Å². The highest BCUT2D eigenvalue weighted by molar-refractivity contribution is 5.98. The van der Waals surface area contributed by atoms with Gasteiger partial charge in [0.1, 0.15) is 0 Å². The van der Waals surface area contributed by atoms with Crippen molar-refractivity contribution in [3.05, 3.63) is 24.3 Å². The van der Waals surface area contributed by atoms with Crippen LogP contribution in [0.2, 0.25) is 0 Å². The average Bonchev–Trinajstić information content (AvgIpc) is 1.93. The van der Waals surface area contributed by atoms with Gasteiger partial charge in [-0.3, -0.25) is 4.79 Å². The van der Waals surface area contributed by atoms with Gasteiger partial charge in [0.15, 0.2) is 5.78 Å². The van der Waals surface area contributed by atoms with Crippen molar-refractivity contribution in [2.45, 2.75) is 6.92 Å². The first-order valence-corrected chi connectivity index (χ1v) is 3.15. The maximum Gasteiger partial charge on any atom is 0.163 e. The Bertz CT molecular complexity index is 225. The summed E-state index contributed by atoms with van der Waals surface area (Å²) in [5, 5.41) is 0. The second kappa shape index (κ2) is 1.18. The van der Waals surface area contributed by atoms with Crippen LogP contribution < -0.4 is 0 Å². The lowest BCUT2D eigenvalue weighted by molar-refractivity contribution is -0.118. The third-order valence-corrected chi connectivity index (χ3v) is 2.23. The van der Waals surface area contributed by atoms with Gasteiger partial charge < -0.3 is 0 Å². The maximum atomic E-state index is 10.9. The Morgan fingerprint density at radius 2 is 2.33 bits per heavy atom. The van der Waals surface area contributed by atoms with Crippen molar-refractivity contribution in [2.75, 3.05) is 0 Å². The first kappa shape index (κ1) is 4.98. The molecule has 2 atom stereocenters. The molecule has 2 rings (SSSR count). The van der Waals surface area contributed by atoms with Gasteiger partial charge in [0.05, 0.1) is 5.92 Å². The van der Waals surface area contributed by atoms with Crippen LogP contribution in [0.3, 0.4) is 0 Å². The monoisotopic (exact) mass is 120 g/mol. The number of hydrogen-bond donors (Lipinski definition) is 0. The van der Waals surface area contributed by atoms with Crippen molar-refractivity contribution in [1.29, 1.82) is 0 Å². The Kier molecular flexibility index (Phi) is 0.652. The Labute approximate surface area is 54.1 Å². The van der Waals surface area contributed by atoms with Crippen LogP contribution in [0.5, 0.6) is 0 Å². The fraction of sp³-hybridized carbons (Fsp3) is 0.375. The number of ketones is 1. The normalized spacial score (nSPS) is 45.0. The summed E-state index contributed by atoms with van der Waals surface area (Å²) >= 11 is 0. The molecule has 0 saturated heterocycles. The molecule has 2 aliphatic carbocycles. The minimum absolute atomic E-state index is 0.0943. The molecule has 2 aliphatic rings. The standard InChI is InChI=1S/C8H8O/c1-8-4-2-6(8)7(9)3-5-8/h2-6H,1H3/t6-,8+/m0/s1. The predicted octanol–water partition coefficient (Wildman–Crippen LogP) is 1.32. The Morgan fingerprint density at radius 3 is 2.56 bits per heavy atom. The molecule has 0 N–H and O–H groups in total. The minimum atomic E-state index is 0.0943. The highest BCUT2D eigenvalue weighted by Gasteiger charge is 2.42. The second-order valence-corrected chi connectivity index (χ2v) is 2.94. The largest absolute Gasteiger partial charge is 0.294 e. The van der Waals surface area contributed by atoms with Gasteiger partial charge in [-0.15, -0.1) is 0 Å². The van der Waals surface area contributed by atoms with E-state index in [9.17, 15) is 4.79 Å². The quantitative estimate of drug-likeness (QED) is 0.440. The zero-order chi connectivity index (χ0) is 6.48. The number of carbonyl (C=O) groups is 1. The van der Waals surface area contributed by atoms with E-state index in [0.717, 1.165) is 0 Å². The zero-order valence-electron chi connectivity index (χ0n) is 5.29. The van der Waals surface area contributed by atoms with E-state index in [2.05, 4.69) is 13.0 Å². The molecule has 0 aliphatic heterocycles. The fourth-order valence-corrected chi connectivity index (χ4v) is 1.42. The van der Waals surface area contributed by atoms with E-state index in [-0.39, 0.29) is 17.1 Å². The summed E-state index contributed by atoms with van der Waals surface area (Å²) in [5.41, 5.74) is 0.0943. The van der Waals surface area contributed by atoms with Gasteiger partial charge in [-0.05, 0) is 6.08 Å². The Morgan fingerprint density at radius 1 is 1.56 bits per heavy atom. The van der Waals surface area contributed by atoms with Gasteiger partial charge in [0.2, 0.25) is 0 Å². The molecule has 0 aromatic rings. The SMILES string of the molecule is C[C@@]12C=CC(=O)[C@@H]1C=C2. The van der Waals surface area contributed by atoms with Crippen LogP contribution in [0.25, 0.3) is 0 Å². The van der Waals surface area contributed by atoms with Crippen molar-refractivity contribution in [1.82, 2.24) is 0 Å². The molecule has 0 fully saturated rings. The summed E-state index contributed by atoms with van der Waals surface area (Å²) in [6.45, 7) is 2.08. The summed E-state index contributed by atoms with van der Waals surface area (Å²) in [5.74, 6) is 0.442. The molecule has 0 saturated carbocycles. The summed E-state index contributed by atoms with van der Waals surface area (Å²) in [7, 11) is 0. The number of rotatable bonds is 0. The van der Waals surface area contributed by atoms with Crippen molar-refractivity contribution in [2.24, 2.45) is 11.3 Å². The van der Waals surface area contributed by atoms with E-state index < -0.39 is 0 Å². The molecule has 1 heteroatoms. The van der Waals surface area contributed by atoms with E-state index in [1.807, 2.05) is 12.2 Å². The molecule has 0 unspecified atom stereocenters. The van der Waals surface area contributed by atoms with Crippen LogP contribution >= 0.6 is 0 Å². The lowest BCUT2D eigenvalue weighted by Gasteiger charge is -2.31. The van der Waals surface area contributed by atoms with Crippen molar-refractivity contribution < 1.29 is 4.79 Å². The summed E-state index contributed by atoms with van der Waals surface area (Å²) in [6, 6.07) is 0. The highest BCUT2D eigenvalue weighted by Crippen LogP contribution is 2.44. The molecular formula is C8H8O. The number of allylic oxidation sites excluding steroid dienone is 4. The average molecular weight is 120 g/mol. The van der Waals surface area contributed by atoms with Crippen LogP contribution in [-0.2, 0) is 4.79 Å². The number of hydrogen-bond acceptors (Lipinski definition) is 1. The van der Waals surface area contributed by atoms with Crippen LogP contribution in [-0.4, -0.2) is 5.78 Å². The Balaban J connectivity index is 2.46. The minimum Gasteiger partial charge on any atom is -0.294 e. The summed E-state index contributed by atoms with van der Waals surface area (Å²) in [4.78, 5) is 10.9. The second-order valence-electron chi connectivity index (χ2n) is 2.94. The lowest BCUT2D eigenvalue weighted by atomic mass is 9.71. The molecule has 0 heterocycles. The third kappa shape index (κ3) is 0.424. The van der Waals surface area contributed by atoms with Crippen molar-refractivity contribution in [3.63, 3.8) is 0 Å². The number of carbonyl (C=O) groups excluding carboxylic acids is 1. The van der Waals surface area contributed by atoms with Crippen molar-refractivity contribution >= 4 is 5.78 Å². The first-order valence-electron chi connectivity index (χ1n) is 3.15. The Hall–Kier alpha value is -0.850. The molecule has 0 radical (unpaired) electrons. The summed E-state index contributed by atoms with van der Waals surface area (Å²) in [6.07, 6.45) is 7.73. The van der Waals surface area contributed by atoms with Gasteiger partial charge in [-0.2, -0.15) is 0 Å². The van der Waals surface area contributed by atoms with E-state index in [1.54, 1.807) is 6.08 Å². The van der Waals surface area contributed by atoms with E-state index in [0.29, 0.717) is 0 Å². The highest BCUT2D eigenvalue weighted by atomic mass is 16.1. The molecule has 0 amide bonds. The smallest absolute Gasteiger partial charge is 0.163 e. The molecule has 0 aromatic heterocycles. The van der Waals surface area contributed by atoms with Gasteiger partial charge >= 0.3 is 0 Å². The number of fused-ring (bicyclic) bond motifs is 1. The van der Waals surface area contributed by atoms with Crippen LogP contribution in [0, 0.1) is 11.3 Å². The van der Waals surface area contributed by atoms with Crippen LogP contribution in [0.4, 0.5) is 0 Å². The molecule has 0 aromatic carbocycles. The first-order chi connectivity index (χ1) is 4.22. The zero-order valence-corrected chi connectivity index (χ0v) is 5.29. The van der Waals surface area contributed by atoms with Gasteiger partial charge in [-0.1, -0.05) is 25.2 Å². The molecular weight excluding hydrogens is 112 g/mol. The third-order valence-electron chi connectivity index (χ3n) is 2.23. The van der Waals surface area contributed by atoms with E-state index >= 15 is 0 Å². The van der Waals surface area contributed by atoms with Crippen molar-refractivity contribution in [3.8, 4) is 0 Å². The molecule has 1 nitrogen and oxygen atoms in total. The predicted molar refractivity (Wildman–Crippen MR) is 34.9 cm³/mol. The molecule has 0 spiro atoms. The lowest BCUT2D eigenvalue weighted by Crippen LogP contribution is -2.29. The van der Waals surface area contributed by atoms with E-state index in [4.69, 9.17) is 0 Å². The van der Waals surface area contributed by atoms with Gasteiger partial charge in [-0.25, -0.2) is 0 Å². The maximum absolute atomic E-state index is 10.9. The molecule has 0 bridgehead atoms. The van der Waals surface area contributed by atoms with Gasteiger partial charge in [0.25, 0.3) is 0 Å². The molecule has 9 heavy (non-hydrogen) atoms. The van der Waals surface area contributed by atoms with E-state index in [1.165, 1.54) is 0 Å².